The molecule has 0 bridgehead atoms. The average molecular weight is 357 g/mol. The Bertz CT molecular complexity index is 915. The summed E-state index contributed by atoms with van der Waals surface area (Å²) in [4.78, 5) is 12.4. The van der Waals surface area contributed by atoms with Crippen LogP contribution in [0.2, 0.25) is 5.02 Å². The van der Waals surface area contributed by atoms with Crippen LogP contribution in [-0.4, -0.2) is 18.2 Å². The summed E-state index contributed by atoms with van der Waals surface area (Å²) >= 11 is 5.82. The van der Waals surface area contributed by atoms with Crippen molar-refractivity contribution in [3.8, 4) is 17.4 Å². The van der Waals surface area contributed by atoms with Gasteiger partial charge in [-0.3, -0.25) is 4.79 Å². The zero-order chi connectivity index (χ0) is 17.8. The van der Waals surface area contributed by atoms with Crippen molar-refractivity contribution in [1.82, 2.24) is 5.27 Å². The van der Waals surface area contributed by atoms with Crippen molar-refractivity contribution in [3.63, 3.8) is 0 Å². The maximum absolute atomic E-state index is 12.4. The molecule has 126 valence electrons. The number of benzene rings is 2. The van der Waals surface area contributed by atoms with E-state index in [1.807, 2.05) is 0 Å². The predicted molar refractivity (Wildman–Crippen MR) is 88.8 cm³/mol. The first-order valence-electron chi connectivity index (χ1n) is 7.30. The summed E-state index contributed by atoms with van der Waals surface area (Å²) in [7, 11) is 1.55. The van der Waals surface area contributed by atoms with Gasteiger partial charge in [0, 0.05) is 17.2 Å². The standard InChI is InChI=1S/C18H13ClN2O4/c1-24-15-9-7-14(8-10-15)21-17(18(23)25-20-21)16(22)11-4-12-2-5-13(19)6-3-12/h2-11H,1H3/b11-4+. The van der Waals surface area contributed by atoms with Crippen molar-refractivity contribution in [2.75, 3.05) is 7.11 Å². The second kappa shape index (κ2) is 7.19. The molecule has 1 heterocycles. The van der Waals surface area contributed by atoms with Gasteiger partial charge in [-0.25, -0.2) is 0 Å². The van der Waals surface area contributed by atoms with Crippen LogP contribution in [0.4, 0.5) is 0 Å². The molecule has 0 saturated carbocycles. The lowest BCUT2D eigenvalue weighted by atomic mass is 10.1. The zero-order valence-corrected chi connectivity index (χ0v) is 13.9. The first-order valence-corrected chi connectivity index (χ1v) is 7.67. The Balaban J connectivity index is 1.89. The number of ketones is 1. The fourth-order valence-corrected chi connectivity index (χ4v) is 2.30. The van der Waals surface area contributed by atoms with Gasteiger partial charge in [-0.15, -0.1) is 0 Å². The minimum atomic E-state index is -0.804. The van der Waals surface area contributed by atoms with Gasteiger partial charge in [0.1, 0.15) is 5.75 Å². The normalized spacial score (nSPS) is 11.0. The molecule has 3 rings (SSSR count). The highest BCUT2D eigenvalue weighted by Gasteiger charge is 2.25. The highest BCUT2D eigenvalue weighted by atomic mass is 35.5. The van der Waals surface area contributed by atoms with E-state index in [4.69, 9.17) is 16.3 Å². The zero-order valence-electron chi connectivity index (χ0n) is 13.2. The summed E-state index contributed by atoms with van der Waals surface area (Å²) in [6.45, 7) is 0. The van der Waals surface area contributed by atoms with Crippen molar-refractivity contribution in [1.29, 1.82) is 0 Å². The molecule has 0 N–H and O–H groups in total. The Hall–Kier alpha value is -3.12. The van der Waals surface area contributed by atoms with E-state index >= 15 is 0 Å². The van der Waals surface area contributed by atoms with Crippen molar-refractivity contribution in [2.24, 2.45) is 0 Å². The highest BCUT2D eigenvalue weighted by Crippen LogP contribution is 2.16. The molecule has 2 aromatic carbocycles. The quantitative estimate of drug-likeness (QED) is 0.399. The molecule has 0 fully saturated rings. The topological polar surface area (TPSA) is 79.3 Å². The fraction of sp³-hybridized carbons (Fsp3) is 0.0556. The Kier molecular flexibility index (Phi) is 4.81. The number of carbonyl (C=O) groups excluding carboxylic acids is 1. The van der Waals surface area contributed by atoms with Gasteiger partial charge < -0.3 is 14.4 Å². The average Bonchev–Trinajstić information content (AvgIpc) is 3.02. The van der Waals surface area contributed by atoms with E-state index in [0.717, 1.165) is 10.2 Å². The second-order valence-corrected chi connectivity index (χ2v) is 5.50. The van der Waals surface area contributed by atoms with Crippen molar-refractivity contribution < 1.29 is 23.8 Å². The molecule has 6 nitrogen and oxygen atoms in total. The van der Waals surface area contributed by atoms with Crippen LogP contribution in [0.3, 0.4) is 0 Å². The molecule has 0 aliphatic rings. The van der Waals surface area contributed by atoms with E-state index in [1.54, 1.807) is 61.7 Å². The Labute approximate surface area is 148 Å². The van der Waals surface area contributed by atoms with Crippen LogP contribution in [0.25, 0.3) is 11.8 Å². The molecule has 0 saturated heterocycles. The Morgan fingerprint density at radius 3 is 2.52 bits per heavy atom. The van der Waals surface area contributed by atoms with Gasteiger partial charge in [-0.05, 0) is 40.6 Å². The smallest absolute Gasteiger partial charge is 0.310 e. The molecule has 0 aliphatic carbocycles. The van der Waals surface area contributed by atoms with Gasteiger partial charge in [0.05, 0.1) is 12.4 Å². The molecule has 7 heteroatoms. The first-order chi connectivity index (χ1) is 12.1. The van der Waals surface area contributed by atoms with Crippen molar-refractivity contribution >= 4 is 23.5 Å². The molecule has 3 aromatic rings. The van der Waals surface area contributed by atoms with Gasteiger partial charge in [0.15, 0.2) is 5.95 Å². The van der Waals surface area contributed by atoms with E-state index in [0.29, 0.717) is 16.5 Å². The number of halogens is 1. The Morgan fingerprint density at radius 2 is 1.88 bits per heavy atom. The molecule has 0 aliphatic heterocycles. The first kappa shape index (κ1) is 16.7. The number of aromatic nitrogens is 2. The van der Waals surface area contributed by atoms with E-state index in [-0.39, 0.29) is 5.69 Å². The molecule has 1 aromatic heterocycles. The van der Waals surface area contributed by atoms with Crippen LogP contribution in [0.5, 0.6) is 11.7 Å². The predicted octanol–water partition coefficient (Wildman–Crippen LogP) is 2.58. The third kappa shape index (κ3) is 3.70. The largest absolute Gasteiger partial charge is 0.539 e. The maximum Gasteiger partial charge on any atom is 0.310 e. The minimum Gasteiger partial charge on any atom is -0.539 e. The molecular weight excluding hydrogens is 344 g/mol. The van der Waals surface area contributed by atoms with Crippen molar-refractivity contribution in [2.45, 2.75) is 0 Å². The number of methoxy groups -OCH3 is 1. The summed E-state index contributed by atoms with van der Waals surface area (Å²) in [5, 5.41) is 16.1. The highest BCUT2D eigenvalue weighted by molar-refractivity contribution is 6.30. The lowest BCUT2D eigenvalue weighted by molar-refractivity contribution is -0.672. The summed E-state index contributed by atoms with van der Waals surface area (Å²) in [6.07, 6.45) is 2.88. The minimum absolute atomic E-state index is 0.185. The maximum atomic E-state index is 12.4. The van der Waals surface area contributed by atoms with Crippen LogP contribution >= 0.6 is 11.6 Å². The van der Waals surface area contributed by atoms with Crippen LogP contribution in [0, 0.1) is 0 Å². The number of nitrogens with zero attached hydrogens (tertiary/aromatic N) is 2. The Morgan fingerprint density at radius 1 is 1.20 bits per heavy atom. The molecule has 0 spiro atoms. The fourth-order valence-electron chi connectivity index (χ4n) is 2.18. The molecule has 0 radical (unpaired) electrons. The van der Waals surface area contributed by atoms with Crippen molar-refractivity contribution in [3.05, 3.63) is 70.9 Å². The van der Waals surface area contributed by atoms with E-state index in [9.17, 15) is 9.90 Å². The monoisotopic (exact) mass is 356 g/mol. The lowest BCUT2D eigenvalue weighted by Crippen LogP contribution is -2.38. The number of ether oxygens (including phenoxy) is 1. The molecular formula is C18H13ClN2O4. The molecule has 0 amide bonds. The SMILES string of the molecule is COc1ccc(-[n+]2noc([O-])c2C(=O)/C=C/c2ccc(Cl)cc2)cc1. The van der Waals surface area contributed by atoms with Crippen LogP contribution in [0.1, 0.15) is 16.1 Å². The molecule has 0 atom stereocenters. The summed E-state index contributed by atoms with van der Waals surface area (Å²) in [6, 6.07) is 13.7. The van der Waals surface area contributed by atoms with Gasteiger partial charge in [0.2, 0.25) is 5.69 Å². The van der Waals surface area contributed by atoms with Crippen LogP contribution in [-0.2, 0) is 0 Å². The van der Waals surface area contributed by atoms with E-state index in [2.05, 4.69) is 9.79 Å². The van der Waals surface area contributed by atoms with Gasteiger partial charge in [-0.1, -0.05) is 29.8 Å². The number of hydrogen-bond acceptors (Lipinski definition) is 5. The van der Waals surface area contributed by atoms with Crippen LogP contribution < -0.4 is 14.5 Å². The number of hydrogen-bond donors (Lipinski definition) is 0. The summed E-state index contributed by atoms with van der Waals surface area (Å²) in [5.74, 6) is -0.677. The molecule has 0 unspecified atom stereocenters. The number of allylic oxidation sites excluding steroid dienone is 1. The second-order valence-electron chi connectivity index (χ2n) is 5.07. The van der Waals surface area contributed by atoms with Gasteiger partial charge in [0.25, 0.3) is 5.78 Å². The number of rotatable bonds is 5. The van der Waals surface area contributed by atoms with Crippen LogP contribution in [0.15, 0.2) is 59.1 Å². The number of carbonyl (C=O) groups is 1. The van der Waals surface area contributed by atoms with E-state index < -0.39 is 11.7 Å². The third-order valence-electron chi connectivity index (χ3n) is 3.46. The van der Waals surface area contributed by atoms with Gasteiger partial charge in [-0.2, -0.15) is 0 Å². The van der Waals surface area contributed by atoms with Gasteiger partial charge >= 0.3 is 5.69 Å². The summed E-state index contributed by atoms with van der Waals surface area (Å²) in [5.41, 5.74) is 1.10. The summed E-state index contributed by atoms with van der Waals surface area (Å²) < 4.78 is 10.9. The lowest BCUT2D eigenvalue weighted by Gasteiger charge is -1.98. The van der Waals surface area contributed by atoms with E-state index in [1.165, 1.54) is 6.08 Å². The molecule has 25 heavy (non-hydrogen) atoms. The third-order valence-corrected chi connectivity index (χ3v) is 3.71.